The topological polar surface area (TPSA) is 131 Å². The van der Waals surface area contributed by atoms with E-state index in [4.69, 9.17) is 21.3 Å². The minimum atomic E-state index is -1.00. The summed E-state index contributed by atoms with van der Waals surface area (Å²) in [5.74, 6) is -1.28. The lowest BCUT2D eigenvalue weighted by molar-refractivity contribution is -0.329. The zero-order chi connectivity index (χ0) is 9.56. The fourth-order valence-corrected chi connectivity index (χ4v) is 0.410. The van der Waals surface area contributed by atoms with Crippen LogP contribution in [0.4, 0.5) is 0 Å². The molecule has 0 saturated heterocycles. The van der Waals surface area contributed by atoms with Gasteiger partial charge in [-0.15, -0.1) is 0 Å². The van der Waals surface area contributed by atoms with Gasteiger partial charge in [-0.05, 0) is 0 Å². The van der Waals surface area contributed by atoms with Crippen LogP contribution < -0.4 is 11.2 Å². The number of hydrazine groups is 1. The summed E-state index contributed by atoms with van der Waals surface area (Å²) in [5.41, 5.74) is 6.84. The van der Waals surface area contributed by atoms with Crippen LogP contribution in [0, 0.1) is 0 Å². The van der Waals surface area contributed by atoms with E-state index in [1.165, 1.54) is 0 Å². The summed E-state index contributed by atoms with van der Waals surface area (Å²) in [4.78, 5) is 13.4. The molecule has 6 N–H and O–H groups in total. The Balaban J connectivity index is 3.62. The minimum Gasteiger partial charge on any atom is -0.481 e. The van der Waals surface area contributed by atoms with Gasteiger partial charge in [0.25, 0.3) is 0 Å². The standard InChI is InChI=1S/C4H10N4O4/c5-4(7-8(11)12)6-2-1-3(9)10/h11-12H,1-2H2,(H,9,10)(H3,5,6,7). The van der Waals surface area contributed by atoms with Crippen LogP contribution in [0.5, 0.6) is 0 Å². The number of aliphatic carboxylic acids is 1. The van der Waals surface area contributed by atoms with E-state index in [2.05, 4.69) is 4.99 Å². The molecule has 70 valence electrons. The van der Waals surface area contributed by atoms with Crippen LogP contribution in [-0.2, 0) is 4.79 Å². The van der Waals surface area contributed by atoms with Crippen molar-refractivity contribution in [1.82, 2.24) is 10.8 Å². The average molecular weight is 178 g/mol. The maximum absolute atomic E-state index is 9.96. The Morgan fingerprint density at radius 1 is 1.58 bits per heavy atom. The van der Waals surface area contributed by atoms with Crippen molar-refractivity contribution >= 4 is 11.9 Å². The molecule has 12 heavy (non-hydrogen) atoms. The average Bonchev–Trinajstić information content (AvgIpc) is 1.84. The predicted octanol–water partition coefficient (Wildman–Crippen LogP) is -1.64. The third-order valence-electron chi connectivity index (χ3n) is 0.822. The Kier molecular flexibility index (Phi) is 4.69. The van der Waals surface area contributed by atoms with Crippen molar-refractivity contribution in [2.45, 2.75) is 6.42 Å². The molecule has 0 fully saturated rings. The number of guanidine groups is 1. The molecule has 0 aromatic heterocycles. The minimum absolute atomic E-state index is 0.0258. The van der Waals surface area contributed by atoms with Crippen molar-refractivity contribution in [1.29, 1.82) is 0 Å². The van der Waals surface area contributed by atoms with Gasteiger partial charge in [-0.1, -0.05) is 0 Å². The molecule has 0 aliphatic heterocycles. The number of nitrogens with two attached hydrogens (primary N) is 1. The van der Waals surface area contributed by atoms with Crippen molar-refractivity contribution in [3.63, 3.8) is 0 Å². The highest BCUT2D eigenvalue weighted by molar-refractivity contribution is 5.77. The maximum Gasteiger partial charge on any atom is 0.305 e. The number of nitrogens with one attached hydrogen (secondary N) is 1. The molecule has 0 amide bonds. The summed E-state index contributed by atoms with van der Waals surface area (Å²) in [5, 5.41) is 24.1. The zero-order valence-corrected chi connectivity index (χ0v) is 6.14. The molecular weight excluding hydrogens is 168 g/mol. The second-order valence-electron chi connectivity index (χ2n) is 1.81. The molecule has 0 radical (unpaired) electrons. The first kappa shape index (κ1) is 10.6. The number of rotatable bonds is 4. The van der Waals surface area contributed by atoms with Gasteiger partial charge < -0.3 is 10.8 Å². The number of carbonyl (C=O) groups is 1. The van der Waals surface area contributed by atoms with Crippen LogP contribution in [0.3, 0.4) is 0 Å². The van der Waals surface area contributed by atoms with Crippen molar-refractivity contribution in [2.75, 3.05) is 6.54 Å². The number of carboxylic acid groups (broad SMARTS) is 1. The van der Waals surface area contributed by atoms with Gasteiger partial charge >= 0.3 is 5.97 Å². The molecule has 0 atom stereocenters. The largest absolute Gasteiger partial charge is 0.481 e. The number of aliphatic imine (C=N–C) groups is 1. The summed E-state index contributed by atoms with van der Waals surface area (Å²) < 4.78 is 0. The SMILES string of the molecule is NC(=NCCC(=O)O)NN(O)O. The highest BCUT2D eigenvalue weighted by Gasteiger charge is 1.97. The molecule has 0 aliphatic rings. The predicted molar refractivity (Wildman–Crippen MR) is 37.3 cm³/mol. The third kappa shape index (κ3) is 6.74. The molecular formula is C4H10N4O4. The maximum atomic E-state index is 9.96. The Bertz CT molecular complexity index is 180. The first-order valence-electron chi connectivity index (χ1n) is 2.98. The molecule has 0 bridgehead atoms. The van der Waals surface area contributed by atoms with E-state index in [9.17, 15) is 4.79 Å². The summed E-state index contributed by atoms with van der Waals surface area (Å²) in [6.07, 6.45) is -0.167. The quantitative estimate of drug-likeness (QED) is 0.198. The Labute approximate surface area is 67.8 Å². The van der Waals surface area contributed by atoms with Crippen molar-refractivity contribution in [3.05, 3.63) is 0 Å². The number of hydrogen-bond acceptors (Lipinski definition) is 5. The summed E-state index contributed by atoms with van der Waals surface area (Å²) >= 11 is 0. The van der Waals surface area contributed by atoms with Gasteiger partial charge in [-0.25, -0.2) is 5.43 Å². The number of hydrogen-bond donors (Lipinski definition) is 5. The highest BCUT2D eigenvalue weighted by Crippen LogP contribution is 1.79. The van der Waals surface area contributed by atoms with E-state index in [-0.39, 0.29) is 24.3 Å². The molecule has 0 aliphatic carbocycles. The van der Waals surface area contributed by atoms with Crippen LogP contribution in [0.2, 0.25) is 0 Å². The van der Waals surface area contributed by atoms with E-state index < -0.39 is 5.97 Å². The number of carboxylic acids is 1. The molecule has 0 aromatic carbocycles. The van der Waals surface area contributed by atoms with E-state index in [1.807, 2.05) is 0 Å². The summed E-state index contributed by atoms with van der Waals surface area (Å²) in [6, 6.07) is 0. The smallest absolute Gasteiger partial charge is 0.305 e. The van der Waals surface area contributed by atoms with Gasteiger partial charge in [0.05, 0.1) is 13.0 Å². The van der Waals surface area contributed by atoms with Crippen LogP contribution in [-0.4, -0.2) is 39.3 Å². The van der Waals surface area contributed by atoms with Gasteiger partial charge in [0.2, 0.25) is 5.96 Å². The first-order chi connectivity index (χ1) is 5.52. The molecule has 8 nitrogen and oxygen atoms in total. The van der Waals surface area contributed by atoms with Gasteiger partial charge in [-0.2, -0.15) is 0 Å². The molecule has 0 spiro atoms. The van der Waals surface area contributed by atoms with E-state index >= 15 is 0 Å². The molecule has 0 rings (SSSR count). The van der Waals surface area contributed by atoms with E-state index in [0.29, 0.717) is 0 Å². The first-order valence-corrected chi connectivity index (χ1v) is 2.98. The lowest BCUT2D eigenvalue weighted by atomic mass is 10.4. The van der Waals surface area contributed by atoms with Crippen LogP contribution >= 0.6 is 0 Å². The fourth-order valence-electron chi connectivity index (χ4n) is 0.410. The van der Waals surface area contributed by atoms with Crippen molar-refractivity contribution in [3.8, 4) is 0 Å². The van der Waals surface area contributed by atoms with Crippen LogP contribution in [0.15, 0.2) is 4.99 Å². The second-order valence-corrected chi connectivity index (χ2v) is 1.81. The van der Waals surface area contributed by atoms with Crippen LogP contribution in [0.1, 0.15) is 6.42 Å². The second kappa shape index (κ2) is 5.29. The Morgan fingerprint density at radius 3 is 2.58 bits per heavy atom. The molecule has 8 heteroatoms. The normalized spacial score (nSPS) is 11.8. The monoisotopic (exact) mass is 178 g/mol. The van der Waals surface area contributed by atoms with Gasteiger partial charge in [0.15, 0.2) is 0 Å². The lowest BCUT2D eigenvalue weighted by Crippen LogP contribution is -2.42. The fraction of sp³-hybridized carbons (Fsp3) is 0.500. The summed E-state index contributed by atoms with van der Waals surface area (Å²) in [6.45, 7) is -0.0258. The molecule has 0 heterocycles. The van der Waals surface area contributed by atoms with E-state index in [1.54, 1.807) is 5.43 Å². The lowest BCUT2D eigenvalue weighted by Gasteiger charge is -2.06. The van der Waals surface area contributed by atoms with Gasteiger partial charge in [-0.3, -0.25) is 20.2 Å². The van der Waals surface area contributed by atoms with Crippen molar-refractivity contribution < 1.29 is 20.3 Å². The molecule has 0 saturated carbocycles. The third-order valence-corrected chi connectivity index (χ3v) is 0.822. The summed E-state index contributed by atoms with van der Waals surface area (Å²) in [7, 11) is 0. The van der Waals surface area contributed by atoms with Gasteiger partial charge in [0, 0.05) is 5.34 Å². The van der Waals surface area contributed by atoms with Crippen molar-refractivity contribution in [2.24, 2.45) is 10.7 Å². The van der Waals surface area contributed by atoms with Gasteiger partial charge in [0.1, 0.15) is 0 Å². The Hall–Kier alpha value is -1.38. The molecule has 0 aromatic rings. The Morgan fingerprint density at radius 2 is 2.17 bits per heavy atom. The molecule has 0 unspecified atom stereocenters. The van der Waals surface area contributed by atoms with E-state index in [0.717, 1.165) is 0 Å². The highest BCUT2D eigenvalue weighted by atomic mass is 16.8. The number of nitrogens with zero attached hydrogens (tertiary/aromatic N) is 2. The van der Waals surface area contributed by atoms with Crippen LogP contribution in [0.25, 0.3) is 0 Å². The zero-order valence-electron chi connectivity index (χ0n) is 6.14.